The van der Waals surface area contributed by atoms with Gasteiger partial charge in [0, 0.05) is 11.6 Å². The van der Waals surface area contributed by atoms with Crippen LogP contribution < -0.4 is 9.64 Å². The summed E-state index contributed by atoms with van der Waals surface area (Å²) >= 11 is 0. The Bertz CT molecular complexity index is 1250. The van der Waals surface area contributed by atoms with E-state index in [1.165, 1.54) is 43.5 Å². The van der Waals surface area contributed by atoms with Crippen LogP contribution in [-0.4, -0.2) is 42.2 Å². The molecule has 1 aliphatic carbocycles. The van der Waals surface area contributed by atoms with E-state index in [9.17, 15) is 29.3 Å². The minimum Gasteiger partial charge on any atom is -0.490 e. The van der Waals surface area contributed by atoms with Gasteiger partial charge in [-0.05, 0) is 48.7 Å². The van der Waals surface area contributed by atoms with Gasteiger partial charge in [-0.3, -0.25) is 29.4 Å². The fraction of sp³-hybridized carbons (Fsp3) is 0.280. The van der Waals surface area contributed by atoms with Gasteiger partial charge in [0.1, 0.15) is 0 Å². The van der Waals surface area contributed by atoms with Crippen molar-refractivity contribution in [2.45, 2.75) is 13.3 Å². The number of esters is 1. The molecule has 1 fully saturated rings. The average Bonchev–Trinajstić information content (AvgIpc) is 3.12. The van der Waals surface area contributed by atoms with Gasteiger partial charge in [-0.15, -0.1) is 0 Å². The lowest BCUT2D eigenvalue weighted by Crippen LogP contribution is -2.31. The maximum Gasteiger partial charge on any atom is 0.338 e. The van der Waals surface area contributed by atoms with Crippen molar-refractivity contribution in [1.29, 1.82) is 0 Å². The zero-order valence-electron chi connectivity index (χ0n) is 19.0. The quantitative estimate of drug-likeness (QED) is 0.148. The van der Waals surface area contributed by atoms with Gasteiger partial charge in [-0.1, -0.05) is 19.1 Å². The Morgan fingerprint density at radius 2 is 1.77 bits per heavy atom. The highest BCUT2D eigenvalue weighted by molar-refractivity contribution is 6.22. The number of hydrogen-bond donors (Lipinski definition) is 0. The highest BCUT2D eigenvalue weighted by Crippen LogP contribution is 2.40. The number of carbonyl (C=O) groups is 4. The highest BCUT2D eigenvalue weighted by atomic mass is 16.6. The monoisotopic (exact) mass is 478 g/mol. The number of fused-ring (bicyclic) bond motifs is 1. The van der Waals surface area contributed by atoms with Crippen LogP contribution in [-0.2, 0) is 14.3 Å². The largest absolute Gasteiger partial charge is 0.490 e. The first-order valence-corrected chi connectivity index (χ1v) is 10.9. The highest BCUT2D eigenvalue weighted by Gasteiger charge is 2.50. The van der Waals surface area contributed by atoms with Crippen LogP contribution in [0.15, 0.2) is 54.6 Å². The molecule has 4 rings (SSSR count). The first-order chi connectivity index (χ1) is 16.7. The summed E-state index contributed by atoms with van der Waals surface area (Å²) in [4.78, 5) is 62.1. The molecule has 2 aromatic rings. The number of ether oxygens (including phenoxy) is 2. The lowest BCUT2D eigenvalue weighted by Gasteiger charge is -2.22. The van der Waals surface area contributed by atoms with Gasteiger partial charge in [0.2, 0.25) is 17.6 Å². The molecule has 3 atom stereocenters. The molecule has 35 heavy (non-hydrogen) atoms. The molecule has 10 nitrogen and oxygen atoms in total. The zero-order valence-corrected chi connectivity index (χ0v) is 19.0. The van der Waals surface area contributed by atoms with E-state index in [0.717, 1.165) is 11.0 Å². The van der Waals surface area contributed by atoms with Gasteiger partial charge in [-0.25, -0.2) is 4.79 Å². The molecule has 2 aromatic carbocycles. The van der Waals surface area contributed by atoms with Crippen LogP contribution in [0.4, 0.5) is 11.4 Å². The number of carbonyl (C=O) groups excluding carboxylic acids is 4. The lowest BCUT2D eigenvalue weighted by atomic mass is 9.78. The molecule has 0 radical (unpaired) electrons. The van der Waals surface area contributed by atoms with Crippen LogP contribution in [0.1, 0.15) is 34.1 Å². The molecule has 180 valence electrons. The number of rotatable bonds is 7. The number of amides is 2. The van der Waals surface area contributed by atoms with Crippen LogP contribution in [0.5, 0.6) is 5.75 Å². The van der Waals surface area contributed by atoms with Crippen molar-refractivity contribution in [3.63, 3.8) is 0 Å². The van der Waals surface area contributed by atoms with E-state index in [2.05, 4.69) is 0 Å². The van der Waals surface area contributed by atoms with Crippen molar-refractivity contribution >= 4 is 34.9 Å². The predicted molar refractivity (Wildman–Crippen MR) is 123 cm³/mol. The number of nitro benzene ring substituents is 1. The van der Waals surface area contributed by atoms with Crippen LogP contribution in [0.2, 0.25) is 0 Å². The molecule has 1 saturated heterocycles. The van der Waals surface area contributed by atoms with Crippen molar-refractivity contribution in [2.24, 2.45) is 17.8 Å². The first-order valence-electron chi connectivity index (χ1n) is 10.9. The fourth-order valence-corrected chi connectivity index (χ4v) is 4.45. The topological polar surface area (TPSA) is 133 Å². The average molecular weight is 478 g/mol. The van der Waals surface area contributed by atoms with E-state index in [1.54, 1.807) is 0 Å². The van der Waals surface area contributed by atoms with Crippen LogP contribution in [0.3, 0.4) is 0 Å². The fourth-order valence-electron chi connectivity index (χ4n) is 4.45. The molecule has 0 unspecified atom stereocenters. The summed E-state index contributed by atoms with van der Waals surface area (Å²) in [7, 11) is 1.28. The van der Waals surface area contributed by atoms with Crippen LogP contribution >= 0.6 is 0 Å². The summed E-state index contributed by atoms with van der Waals surface area (Å²) in [5.74, 6) is -2.74. The molecule has 0 aromatic heterocycles. The number of nitrogens with zero attached hydrogens (tertiary/aromatic N) is 2. The molecule has 0 saturated carbocycles. The van der Waals surface area contributed by atoms with E-state index < -0.39 is 29.2 Å². The van der Waals surface area contributed by atoms with Gasteiger partial charge in [0.25, 0.3) is 0 Å². The number of methoxy groups -OCH3 is 1. The Kier molecular flexibility index (Phi) is 6.46. The molecule has 1 heterocycles. The Labute approximate surface area is 200 Å². The van der Waals surface area contributed by atoms with Gasteiger partial charge in [0.15, 0.2) is 12.4 Å². The normalized spacial score (nSPS) is 21.0. The van der Waals surface area contributed by atoms with Gasteiger partial charge >= 0.3 is 11.7 Å². The molecule has 0 spiro atoms. The SMILES string of the molecule is COc1ccc(C(=O)COC(=O)c2ccc(N3C(=O)[C@@H]4[C@H](C)C=CC[C@H]4C3=O)cc2)cc1[N+](=O)[O-]. The van der Waals surface area contributed by atoms with Crippen LogP contribution in [0, 0.1) is 27.9 Å². The third-order valence-electron chi connectivity index (χ3n) is 6.27. The third-order valence-corrected chi connectivity index (χ3v) is 6.27. The Morgan fingerprint density at radius 3 is 2.40 bits per heavy atom. The second-order valence-electron chi connectivity index (χ2n) is 8.36. The maximum atomic E-state index is 12.9. The number of hydrogen-bond acceptors (Lipinski definition) is 8. The molecule has 0 bridgehead atoms. The summed E-state index contributed by atoms with van der Waals surface area (Å²) in [5, 5.41) is 11.1. The predicted octanol–water partition coefficient (Wildman–Crippen LogP) is 3.34. The van der Waals surface area contributed by atoms with E-state index in [4.69, 9.17) is 9.47 Å². The minimum absolute atomic E-state index is 0.00288. The standard InChI is InChI=1S/C25H22N2O8/c1-14-4-3-5-18-22(14)24(30)26(23(18)29)17-9-6-15(7-10-17)25(31)35-13-20(28)16-8-11-21(34-2)19(12-16)27(32)33/h3-4,6-12,14,18,22H,5,13H2,1-2H3/t14-,18-,22-/m1/s1. The number of Topliss-reactive ketones (excluding diaryl/α,β-unsaturated/α-hetero) is 1. The Hall–Kier alpha value is -4.34. The van der Waals surface area contributed by atoms with Crippen molar-refractivity contribution in [3.05, 3.63) is 75.9 Å². The zero-order chi connectivity index (χ0) is 25.3. The summed E-state index contributed by atoms with van der Waals surface area (Å²) < 4.78 is 9.96. The van der Waals surface area contributed by atoms with Crippen molar-refractivity contribution in [2.75, 3.05) is 18.6 Å². The maximum absolute atomic E-state index is 12.9. The van der Waals surface area contributed by atoms with Gasteiger partial charge in [-0.2, -0.15) is 0 Å². The minimum atomic E-state index is -0.793. The Morgan fingerprint density at radius 1 is 1.09 bits per heavy atom. The second kappa shape index (κ2) is 9.49. The number of benzene rings is 2. The lowest BCUT2D eigenvalue weighted by molar-refractivity contribution is -0.385. The third kappa shape index (κ3) is 4.42. The molecule has 10 heteroatoms. The van der Waals surface area contributed by atoms with E-state index in [1.807, 2.05) is 19.1 Å². The van der Waals surface area contributed by atoms with Crippen LogP contribution in [0.25, 0.3) is 0 Å². The number of ketones is 1. The molecule has 0 N–H and O–H groups in total. The van der Waals surface area contributed by atoms with Gasteiger partial charge in [0.05, 0.1) is 35.1 Å². The summed E-state index contributed by atoms with van der Waals surface area (Å²) in [5.41, 5.74) is 0.0988. The molecule has 2 amide bonds. The number of nitro groups is 1. The molecule has 1 aliphatic heterocycles. The van der Waals surface area contributed by atoms with E-state index >= 15 is 0 Å². The smallest absolute Gasteiger partial charge is 0.338 e. The summed E-state index contributed by atoms with van der Waals surface area (Å²) in [6.07, 6.45) is 4.39. The molecular formula is C25H22N2O8. The number of anilines is 1. The van der Waals surface area contributed by atoms with Crippen molar-refractivity contribution in [1.82, 2.24) is 0 Å². The van der Waals surface area contributed by atoms with E-state index in [-0.39, 0.29) is 46.2 Å². The van der Waals surface area contributed by atoms with Crippen molar-refractivity contribution in [3.8, 4) is 5.75 Å². The van der Waals surface area contributed by atoms with Crippen molar-refractivity contribution < 1.29 is 33.6 Å². The number of imide groups is 1. The van der Waals surface area contributed by atoms with Gasteiger partial charge < -0.3 is 9.47 Å². The molecular weight excluding hydrogens is 456 g/mol. The Balaban J connectivity index is 1.41. The first kappa shape index (κ1) is 23.8. The van der Waals surface area contributed by atoms with E-state index in [0.29, 0.717) is 12.1 Å². The molecule has 2 aliphatic rings. The summed E-state index contributed by atoms with van der Waals surface area (Å²) in [6.45, 7) is 1.29. The number of allylic oxidation sites excluding steroid dienone is 2. The summed E-state index contributed by atoms with van der Waals surface area (Å²) in [6, 6.07) is 9.47. The second-order valence-corrected chi connectivity index (χ2v) is 8.36.